The van der Waals surface area contributed by atoms with E-state index in [-0.39, 0.29) is 11.9 Å². The summed E-state index contributed by atoms with van der Waals surface area (Å²) in [5.74, 6) is 1.01. The lowest BCUT2D eigenvalue weighted by Gasteiger charge is -2.19. The van der Waals surface area contributed by atoms with Gasteiger partial charge in [-0.1, -0.05) is 12.5 Å². The molecule has 2 unspecified atom stereocenters. The molecule has 1 amide bonds. The maximum Gasteiger partial charge on any atom is 0.251 e. The number of halogens is 1. The second-order valence-corrected chi connectivity index (χ2v) is 5.64. The summed E-state index contributed by atoms with van der Waals surface area (Å²) in [4.78, 5) is 16.6. The van der Waals surface area contributed by atoms with Crippen molar-refractivity contribution in [2.24, 2.45) is 5.92 Å². The number of carbonyl (C=O) groups excluding carboxylic acids is 1. The molecule has 4 heteroatoms. The van der Waals surface area contributed by atoms with Crippen molar-refractivity contribution in [3.63, 3.8) is 0 Å². The molecule has 1 fully saturated rings. The second kappa shape index (κ2) is 5.80. The van der Waals surface area contributed by atoms with Crippen LogP contribution >= 0.6 is 11.6 Å². The largest absolute Gasteiger partial charge is 0.349 e. The number of alkyl halides is 1. The van der Waals surface area contributed by atoms with Gasteiger partial charge in [-0.3, -0.25) is 9.78 Å². The lowest BCUT2D eigenvalue weighted by molar-refractivity contribution is 0.0930. The third-order valence-electron chi connectivity index (χ3n) is 4.04. The van der Waals surface area contributed by atoms with Crippen LogP contribution in [0.1, 0.15) is 29.6 Å². The molecule has 3 rings (SSSR count). The Bertz CT molecular complexity index is 629. The first-order valence-electron chi connectivity index (χ1n) is 6.99. The van der Waals surface area contributed by atoms with Crippen LogP contribution in [0.5, 0.6) is 0 Å². The van der Waals surface area contributed by atoms with Crippen LogP contribution in [0.25, 0.3) is 10.9 Å². The van der Waals surface area contributed by atoms with Gasteiger partial charge < -0.3 is 5.32 Å². The van der Waals surface area contributed by atoms with Crippen molar-refractivity contribution in [1.29, 1.82) is 0 Å². The molecule has 2 atom stereocenters. The first-order chi connectivity index (χ1) is 9.78. The number of pyridine rings is 1. The Hall–Kier alpha value is -1.61. The zero-order valence-electron chi connectivity index (χ0n) is 11.2. The Labute approximate surface area is 123 Å². The molecule has 1 heterocycles. The number of aromatic nitrogens is 1. The Morgan fingerprint density at radius 1 is 1.35 bits per heavy atom. The summed E-state index contributed by atoms with van der Waals surface area (Å²) in [5, 5.41) is 4.10. The van der Waals surface area contributed by atoms with Crippen molar-refractivity contribution in [2.75, 3.05) is 5.88 Å². The van der Waals surface area contributed by atoms with E-state index in [1.807, 2.05) is 30.3 Å². The quantitative estimate of drug-likeness (QED) is 0.880. The average molecular weight is 289 g/mol. The molecule has 0 spiro atoms. The summed E-state index contributed by atoms with van der Waals surface area (Å²) < 4.78 is 0. The normalized spacial score (nSPS) is 22.1. The van der Waals surface area contributed by atoms with Crippen LogP contribution in [-0.2, 0) is 0 Å². The summed E-state index contributed by atoms with van der Waals surface area (Å²) >= 11 is 5.95. The number of benzene rings is 1. The Balaban J connectivity index is 1.78. The molecular weight excluding hydrogens is 272 g/mol. The molecular formula is C16H17ClN2O. The van der Waals surface area contributed by atoms with E-state index in [2.05, 4.69) is 10.3 Å². The molecule has 0 bridgehead atoms. The molecule has 1 saturated carbocycles. The molecule has 1 aromatic carbocycles. The molecule has 20 heavy (non-hydrogen) atoms. The predicted octanol–water partition coefficient (Wildman–Crippen LogP) is 3.37. The predicted molar refractivity (Wildman–Crippen MR) is 81.1 cm³/mol. The van der Waals surface area contributed by atoms with Gasteiger partial charge in [0.2, 0.25) is 0 Å². The first-order valence-corrected chi connectivity index (χ1v) is 7.53. The van der Waals surface area contributed by atoms with Crippen molar-refractivity contribution in [3.05, 3.63) is 42.1 Å². The molecule has 1 aliphatic carbocycles. The summed E-state index contributed by atoms with van der Waals surface area (Å²) in [6.45, 7) is 0. The topological polar surface area (TPSA) is 42.0 Å². The van der Waals surface area contributed by atoms with Gasteiger partial charge in [-0.05, 0) is 43.0 Å². The van der Waals surface area contributed by atoms with Gasteiger partial charge in [0, 0.05) is 29.1 Å². The zero-order chi connectivity index (χ0) is 13.9. The smallest absolute Gasteiger partial charge is 0.251 e. The van der Waals surface area contributed by atoms with Gasteiger partial charge in [0.1, 0.15) is 0 Å². The molecule has 0 radical (unpaired) electrons. The fourth-order valence-electron chi connectivity index (χ4n) is 2.88. The number of rotatable bonds is 3. The minimum Gasteiger partial charge on any atom is -0.349 e. The van der Waals surface area contributed by atoms with Crippen LogP contribution < -0.4 is 5.32 Å². The maximum absolute atomic E-state index is 12.3. The first kappa shape index (κ1) is 13.4. The minimum atomic E-state index is -0.0160. The van der Waals surface area contributed by atoms with Gasteiger partial charge in [0.15, 0.2) is 0 Å². The molecule has 3 nitrogen and oxygen atoms in total. The minimum absolute atomic E-state index is 0.0160. The maximum atomic E-state index is 12.3. The van der Waals surface area contributed by atoms with E-state index >= 15 is 0 Å². The SMILES string of the molecule is O=C(NC1CCCC1CCl)c1ccc2ncccc2c1. The third kappa shape index (κ3) is 2.63. The number of hydrogen-bond donors (Lipinski definition) is 1. The van der Waals surface area contributed by atoms with Gasteiger partial charge in [0.05, 0.1) is 5.52 Å². The van der Waals surface area contributed by atoms with Crippen LogP contribution in [0, 0.1) is 5.92 Å². The highest BCUT2D eigenvalue weighted by Gasteiger charge is 2.27. The van der Waals surface area contributed by atoms with Gasteiger partial charge in [-0.15, -0.1) is 11.6 Å². The average Bonchev–Trinajstić information content (AvgIpc) is 2.94. The molecule has 1 aromatic heterocycles. The lowest BCUT2D eigenvalue weighted by Crippen LogP contribution is -2.37. The van der Waals surface area contributed by atoms with Crippen molar-refractivity contribution in [1.82, 2.24) is 10.3 Å². The van der Waals surface area contributed by atoms with Gasteiger partial charge in [-0.2, -0.15) is 0 Å². The van der Waals surface area contributed by atoms with E-state index in [0.717, 1.165) is 30.2 Å². The van der Waals surface area contributed by atoms with Gasteiger partial charge in [0.25, 0.3) is 5.91 Å². The number of amides is 1. The molecule has 0 aliphatic heterocycles. The number of carbonyl (C=O) groups is 1. The van der Waals surface area contributed by atoms with E-state index in [4.69, 9.17) is 11.6 Å². The van der Waals surface area contributed by atoms with Crippen LogP contribution in [0.3, 0.4) is 0 Å². The second-order valence-electron chi connectivity index (χ2n) is 5.34. The molecule has 0 saturated heterocycles. The van der Waals surface area contributed by atoms with Crippen LogP contribution in [0.4, 0.5) is 0 Å². The fourth-order valence-corrected chi connectivity index (χ4v) is 3.25. The highest BCUT2D eigenvalue weighted by atomic mass is 35.5. The summed E-state index contributed by atoms with van der Waals surface area (Å²) in [7, 11) is 0. The summed E-state index contributed by atoms with van der Waals surface area (Å²) in [6.07, 6.45) is 5.03. The summed E-state index contributed by atoms with van der Waals surface area (Å²) in [5.41, 5.74) is 1.59. The van der Waals surface area contributed by atoms with Crippen molar-refractivity contribution < 1.29 is 4.79 Å². The Kier molecular flexibility index (Phi) is 3.88. The van der Waals surface area contributed by atoms with E-state index in [0.29, 0.717) is 17.4 Å². The van der Waals surface area contributed by atoms with E-state index in [9.17, 15) is 4.79 Å². The van der Waals surface area contributed by atoms with Crippen LogP contribution in [0.2, 0.25) is 0 Å². The highest BCUT2D eigenvalue weighted by molar-refractivity contribution is 6.18. The van der Waals surface area contributed by atoms with Crippen molar-refractivity contribution in [3.8, 4) is 0 Å². The van der Waals surface area contributed by atoms with E-state index in [1.54, 1.807) is 6.20 Å². The number of nitrogens with zero attached hydrogens (tertiary/aromatic N) is 1. The highest BCUT2D eigenvalue weighted by Crippen LogP contribution is 2.27. The van der Waals surface area contributed by atoms with Gasteiger partial charge >= 0.3 is 0 Å². The van der Waals surface area contributed by atoms with Crippen molar-refractivity contribution >= 4 is 28.4 Å². The monoisotopic (exact) mass is 288 g/mol. The number of hydrogen-bond acceptors (Lipinski definition) is 2. The Morgan fingerprint density at radius 2 is 2.25 bits per heavy atom. The third-order valence-corrected chi connectivity index (χ3v) is 4.44. The van der Waals surface area contributed by atoms with Crippen LogP contribution in [0.15, 0.2) is 36.5 Å². The Morgan fingerprint density at radius 3 is 3.10 bits per heavy atom. The van der Waals surface area contributed by atoms with Gasteiger partial charge in [-0.25, -0.2) is 0 Å². The fraction of sp³-hybridized carbons (Fsp3) is 0.375. The summed E-state index contributed by atoms with van der Waals surface area (Å²) in [6, 6.07) is 9.67. The van der Waals surface area contributed by atoms with Crippen molar-refractivity contribution in [2.45, 2.75) is 25.3 Å². The van der Waals surface area contributed by atoms with Crippen LogP contribution in [-0.4, -0.2) is 22.8 Å². The standard InChI is InChI=1S/C16H17ClN2O/c17-10-13-3-1-5-15(13)19-16(20)12-6-7-14-11(9-12)4-2-8-18-14/h2,4,6-9,13,15H,1,3,5,10H2,(H,19,20). The van der Waals surface area contributed by atoms with E-state index < -0.39 is 0 Å². The molecule has 2 aromatic rings. The molecule has 1 aliphatic rings. The number of fused-ring (bicyclic) bond motifs is 1. The molecule has 1 N–H and O–H groups in total. The zero-order valence-corrected chi connectivity index (χ0v) is 11.9. The molecule has 104 valence electrons. The lowest BCUT2D eigenvalue weighted by atomic mass is 10.1. The van der Waals surface area contributed by atoms with E-state index in [1.165, 1.54) is 0 Å². The number of nitrogens with one attached hydrogen (secondary N) is 1.